The van der Waals surface area contributed by atoms with Crippen LogP contribution in [0.3, 0.4) is 0 Å². The number of methoxy groups -OCH3 is 1. The molecule has 0 saturated heterocycles. The Hall–Kier alpha value is -2.43. The van der Waals surface area contributed by atoms with Crippen molar-refractivity contribution in [2.24, 2.45) is 0 Å². The van der Waals surface area contributed by atoms with Crippen molar-refractivity contribution in [2.45, 2.75) is 19.8 Å². The first kappa shape index (κ1) is 14.0. The molecule has 0 fully saturated rings. The molecule has 1 heterocycles. The molecule has 0 atom stereocenters. The number of rotatable bonds is 5. The topological polar surface area (TPSA) is 72.3 Å². The molecule has 0 unspecified atom stereocenters. The second-order valence-corrected chi connectivity index (χ2v) is 4.36. The number of hydrogen-bond acceptors (Lipinski definition) is 4. The Labute approximate surface area is 117 Å². The second kappa shape index (κ2) is 6.14. The third kappa shape index (κ3) is 2.93. The molecule has 0 aliphatic heterocycles. The number of benzene rings is 1. The zero-order valence-corrected chi connectivity index (χ0v) is 11.5. The lowest BCUT2D eigenvalue weighted by atomic mass is 10.0. The lowest BCUT2D eigenvalue weighted by Gasteiger charge is -2.12. The zero-order valence-electron chi connectivity index (χ0n) is 11.5. The van der Waals surface area contributed by atoms with Crippen LogP contribution in [0, 0.1) is 0 Å². The molecule has 1 aromatic carbocycles. The molecule has 5 heteroatoms. The summed E-state index contributed by atoms with van der Waals surface area (Å²) in [5.41, 5.74) is 3.12. The molecule has 20 heavy (non-hydrogen) atoms. The molecule has 0 aliphatic rings. The summed E-state index contributed by atoms with van der Waals surface area (Å²) in [5, 5.41) is 8.98. The van der Waals surface area contributed by atoms with Crippen molar-refractivity contribution in [1.29, 1.82) is 0 Å². The van der Waals surface area contributed by atoms with Gasteiger partial charge < -0.3 is 9.84 Å². The molecule has 104 valence electrons. The number of nitrogens with zero attached hydrogens (tertiary/aromatic N) is 2. The molecular formula is C15H16N2O3. The molecule has 0 saturated carbocycles. The number of aryl methyl sites for hydroxylation is 1. The number of ether oxygens (including phenoxy) is 1. The molecule has 0 radical (unpaired) electrons. The van der Waals surface area contributed by atoms with Crippen LogP contribution in [0.25, 0.3) is 11.3 Å². The van der Waals surface area contributed by atoms with Gasteiger partial charge in [-0.1, -0.05) is 13.0 Å². The van der Waals surface area contributed by atoms with Gasteiger partial charge in [-0.3, -0.25) is 4.79 Å². The van der Waals surface area contributed by atoms with Gasteiger partial charge in [-0.25, -0.2) is 9.97 Å². The van der Waals surface area contributed by atoms with Gasteiger partial charge in [0.25, 0.3) is 0 Å². The lowest BCUT2D eigenvalue weighted by molar-refractivity contribution is -0.136. The van der Waals surface area contributed by atoms with Crippen LogP contribution in [0.15, 0.2) is 30.7 Å². The minimum absolute atomic E-state index is 0.115. The predicted octanol–water partition coefficient (Wildman–Crippen LogP) is 2.34. The maximum absolute atomic E-state index is 10.9. The van der Waals surface area contributed by atoms with Gasteiger partial charge >= 0.3 is 5.97 Å². The highest BCUT2D eigenvalue weighted by molar-refractivity contribution is 5.77. The highest BCUT2D eigenvalue weighted by Crippen LogP contribution is 2.31. The fourth-order valence-electron chi connectivity index (χ4n) is 2.05. The van der Waals surface area contributed by atoms with E-state index in [-0.39, 0.29) is 6.42 Å². The van der Waals surface area contributed by atoms with E-state index < -0.39 is 5.97 Å². The monoisotopic (exact) mass is 272 g/mol. The molecule has 5 nitrogen and oxygen atoms in total. The first-order valence-electron chi connectivity index (χ1n) is 6.33. The largest absolute Gasteiger partial charge is 0.496 e. The van der Waals surface area contributed by atoms with Crippen LogP contribution in [-0.2, 0) is 17.6 Å². The summed E-state index contributed by atoms with van der Waals surface area (Å²) in [6.07, 6.45) is 3.72. The van der Waals surface area contributed by atoms with Gasteiger partial charge in [0.1, 0.15) is 12.1 Å². The van der Waals surface area contributed by atoms with Gasteiger partial charge in [0.05, 0.1) is 19.2 Å². The maximum atomic E-state index is 10.9. The number of aromatic nitrogens is 2. The van der Waals surface area contributed by atoms with Crippen LogP contribution < -0.4 is 4.74 Å². The highest BCUT2D eigenvalue weighted by atomic mass is 16.5. The number of carboxylic acid groups (broad SMARTS) is 1. The quantitative estimate of drug-likeness (QED) is 0.904. The molecule has 2 rings (SSSR count). The van der Waals surface area contributed by atoms with Crippen molar-refractivity contribution in [1.82, 2.24) is 9.97 Å². The van der Waals surface area contributed by atoms with Gasteiger partial charge in [-0.05, 0) is 24.1 Å². The summed E-state index contributed by atoms with van der Waals surface area (Å²) in [6, 6.07) is 5.84. The van der Waals surface area contributed by atoms with Gasteiger partial charge in [0, 0.05) is 17.3 Å². The van der Waals surface area contributed by atoms with Crippen molar-refractivity contribution in [3.8, 4) is 17.0 Å². The Morgan fingerprint density at radius 1 is 1.40 bits per heavy atom. The Morgan fingerprint density at radius 2 is 2.20 bits per heavy atom. The normalized spacial score (nSPS) is 10.3. The van der Waals surface area contributed by atoms with Crippen LogP contribution in [0.2, 0.25) is 0 Å². The maximum Gasteiger partial charge on any atom is 0.307 e. The fourth-order valence-corrected chi connectivity index (χ4v) is 2.05. The summed E-state index contributed by atoms with van der Waals surface area (Å²) in [6.45, 7) is 2.06. The third-order valence-electron chi connectivity index (χ3n) is 3.06. The predicted molar refractivity (Wildman–Crippen MR) is 74.7 cm³/mol. The molecule has 0 spiro atoms. The number of hydrogen-bond donors (Lipinski definition) is 1. The molecule has 0 aliphatic carbocycles. The summed E-state index contributed by atoms with van der Waals surface area (Å²) in [5.74, 6) is -0.237. The van der Waals surface area contributed by atoms with Gasteiger partial charge in [-0.15, -0.1) is 0 Å². The smallest absolute Gasteiger partial charge is 0.307 e. The lowest BCUT2D eigenvalue weighted by Crippen LogP contribution is -2.04. The van der Waals surface area contributed by atoms with Crippen molar-refractivity contribution in [2.75, 3.05) is 7.11 Å². The summed E-state index contributed by atoms with van der Waals surface area (Å²) < 4.78 is 5.35. The van der Waals surface area contributed by atoms with E-state index in [4.69, 9.17) is 9.84 Å². The average Bonchev–Trinajstić information content (AvgIpc) is 2.46. The Morgan fingerprint density at radius 3 is 2.85 bits per heavy atom. The number of carbonyl (C=O) groups is 1. The Balaban J connectivity index is 2.57. The Kier molecular flexibility index (Phi) is 4.30. The van der Waals surface area contributed by atoms with Crippen LogP contribution in [0.1, 0.15) is 18.1 Å². The Bertz CT molecular complexity index is 626. The van der Waals surface area contributed by atoms with E-state index >= 15 is 0 Å². The van der Waals surface area contributed by atoms with Crippen LogP contribution >= 0.6 is 0 Å². The molecule has 1 aromatic heterocycles. The van der Waals surface area contributed by atoms with E-state index in [1.54, 1.807) is 7.11 Å². The fraction of sp³-hybridized carbons (Fsp3) is 0.267. The molecule has 0 amide bonds. The first-order chi connectivity index (χ1) is 9.65. The van der Waals surface area contributed by atoms with E-state index in [0.717, 1.165) is 17.5 Å². The molecule has 0 bridgehead atoms. The van der Waals surface area contributed by atoms with Crippen LogP contribution in [0.4, 0.5) is 0 Å². The highest BCUT2D eigenvalue weighted by Gasteiger charge is 2.14. The minimum atomic E-state index is -0.910. The van der Waals surface area contributed by atoms with E-state index in [0.29, 0.717) is 17.0 Å². The summed E-state index contributed by atoms with van der Waals surface area (Å²) in [7, 11) is 1.59. The van der Waals surface area contributed by atoms with Gasteiger partial charge in [-0.2, -0.15) is 0 Å². The van der Waals surface area contributed by atoms with E-state index in [1.807, 2.05) is 18.2 Å². The van der Waals surface area contributed by atoms with E-state index in [2.05, 4.69) is 16.9 Å². The summed E-state index contributed by atoms with van der Waals surface area (Å²) in [4.78, 5) is 19.1. The van der Waals surface area contributed by atoms with Gasteiger partial charge in [0.15, 0.2) is 0 Å². The third-order valence-corrected chi connectivity index (χ3v) is 3.06. The number of aliphatic carboxylic acids is 1. The van der Waals surface area contributed by atoms with Crippen LogP contribution in [-0.4, -0.2) is 28.2 Å². The van der Waals surface area contributed by atoms with Crippen LogP contribution in [0.5, 0.6) is 5.75 Å². The molecule has 2 aromatic rings. The van der Waals surface area contributed by atoms with Crippen molar-refractivity contribution in [3.63, 3.8) is 0 Å². The van der Waals surface area contributed by atoms with E-state index in [9.17, 15) is 4.79 Å². The first-order valence-corrected chi connectivity index (χ1v) is 6.33. The van der Waals surface area contributed by atoms with Gasteiger partial charge in [0.2, 0.25) is 0 Å². The zero-order chi connectivity index (χ0) is 14.5. The average molecular weight is 272 g/mol. The SMILES string of the molecule is CCc1ccc(OC)c(-c2ncncc2CC(=O)O)c1. The number of carboxylic acids is 1. The van der Waals surface area contributed by atoms with Crippen molar-refractivity contribution in [3.05, 3.63) is 41.9 Å². The molecule has 1 N–H and O–H groups in total. The van der Waals surface area contributed by atoms with E-state index in [1.165, 1.54) is 12.5 Å². The second-order valence-electron chi connectivity index (χ2n) is 4.36. The summed E-state index contributed by atoms with van der Waals surface area (Å²) >= 11 is 0. The molecular weight excluding hydrogens is 256 g/mol. The van der Waals surface area contributed by atoms with Crippen molar-refractivity contribution >= 4 is 5.97 Å². The van der Waals surface area contributed by atoms with Crippen molar-refractivity contribution < 1.29 is 14.6 Å². The minimum Gasteiger partial charge on any atom is -0.496 e. The standard InChI is InChI=1S/C15H16N2O3/c1-3-10-4-5-13(20-2)12(6-10)15-11(7-14(18)19)8-16-9-17-15/h4-6,8-9H,3,7H2,1-2H3,(H,18,19).